The van der Waals surface area contributed by atoms with E-state index in [4.69, 9.17) is 28.4 Å². The van der Waals surface area contributed by atoms with E-state index in [-0.39, 0.29) is 72.7 Å². The van der Waals surface area contributed by atoms with Crippen LogP contribution >= 0.6 is 0 Å². The Labute approximate surface area is 695 Å². The standard InChI is InChI=1S/C29H34N6O5.2C28H33N7O5/c1-34(28(37)25-6-4-10-40-25)16-21-12-19-5-3-9-35(27(19)32-23(21)17-36)29(38)33-26-13-20(22(14-30)15-31-26)11-18-7-8-24(18)39-2;2*1-33(27(37)24-6-4-10-40-24)15-19-11-18-5-3-8-35(26(18)31-22(19)17-36)28(38)32-25-12-23(20(13-29)14-30-25)34-9-7-21(16-34)39-2/h12-13,15,17-18,24-25H,3-11,16H2,1-2H3,(H,31,33,38);2*11-12,14,17,21,24H,3-10,15-16H2,1-2H3,(H,30,32,38)/t18-,24-,25-;21-,24+;/m10./s1. The fourth-order valence-corrected chi connectivity index (χ4v) is 16.7. The number of nitrogens with zero attached hydrogens (tertiary/aromatic N) is 17. The van der Waals surface area contributed by atoms with E-state index in [2.05, 4.69) is 73.9 Å². The monoisotopic (exact) mass is 1640 g/mol. The van der Waals surface area contributed by atoms with E-state index < -0.39 is 36.4 Å². The SMILES string of the molecule is COC1CCN(c2cc(NC(=O)N3CCCc4cc(CN(C)C(=O)C5CCCO5)c(C=O)nc43)ncc2C#N)C1.CO[C@@H]1CC[C@@H]1Cc1cc(NC(=O)N2CCCc3cc(CN(C)C(=O)[C@H]4CCCO4)c(C=O)nc32)ncc1C#N.CO[C@H]1CCN(c2cc(NC(=O)N3CCCc4cc(CN(C)C(=O)[C@H]5CCCO5)c(C=O)nc43)ncc2C#N)C1. The molecule has 9 amide bonds. The van der Waals surface area contributed by atoms with E-state index in [1.165, 1.54) is 33.3 Å². The van der Waals surface area contributed by atoms with Crippen LogP contribution in [0.1, 0.15) is 171 Å². The molecule has 0 radical (unpaired) electrons. The summed E-state index contributed by atoms with van der Waals surface area (Å²) >= 11 is 0. The van der Waals surface area contributed by atoms with Crippen molar-refractivity contribution in [2.45, 2.75) is 165 Å². The smallest absolute Gasteiger partial charge is 0.328 e. The molecular formula is C85H100N20O15. The lowest BCUT2D eigenvalue weighted by molar-refractivity contribution is -0.140. The molecule has 5 saturated heterocycles. The summed E-state index contributed by atoms with van der Waals surface area (Å²) in [7, 11) is 10.1. The lowest BCUT2D eigenvalue weighted by Crippen LogP contribution is -2.40. The van der Waals surface area contributed by atoms with Gasteiger partial charge in [-0.2, -0.15) is 15.8 Å². The van der Waals surface area contributed by atoms with E-state index in [1.807, 2.05) is 18.2 Å². The van der Waals surface area contributed by atoms with Gasteiger partial charge in [-0.15, -0.1) is 0 Å². The van der Waals surface area contributed by atoms with Gasteiger partial charge >= 0.3 is 18.1 Å². The highest BCUT2D eigenvalue weighted by molar-refractivity contribution is 6.04. The van der Waals surface area contributed by atoms with E-state index in [1.54, 1.807) is 75.4 Å². The maximum absolute atomic E-state index is 13.4. The van der Waals surface area contributed by atoms with Gasteiger partial charge in [0.1, 0.15) is 88.5 Å². The molecule has 8 aliphatic heterocycles. The van der Waals surface area contributed by atoms with E-state index in [9.17, 15) is 58.9 Å². The number of amides is 9. The van der Waals surface area contributed by atoms with Crippen molar-refractivity contribution in [1.29, 1.82) is 15.8 Å². The summed E-state index contributed by atoms with van der Waals surface area (Å²) in [5, 5.41) is 37.3. The first kappa shape index (κ1) is 85.8. The molecule has 630 valence electrons. The summed E-state index contributed by atoms with van der Waals surface area (Å²) in [5.41, 5.74) is 8.49. The number of likely N-dealkylation sites (N-methyl/N-ethyl adjacent to an activating group) is 3. The van der Waals surface area contributed by atoms with Crippen molar-refractivity contribution in [3.63, 3.8) is 0 Å². The van der Waals surface area contributed by atoms with Gasteiger partial charge in [0.2, 0.25) is 0 Å². The van der Waals surface area contributed by atoms with E-state index in [0.717, 1.165) is 86.7 Å². The zero-order valence-corrected chi connectivity index (χ0v) is 68.4. The van der Waals surface area contributed by atoms with Crippen LogP contribution in [0.5, 0.6) is 0 Å². The number of hydrogen-bond acceptors (Lipinski definition) is 26. The molecule has 1 aliphatic carbocycles. The Morgan fingerprint density at radius 2 is 0.817 bits per heavy atom. The maximum atomic E-state index is 13.4. The van der Waals surface area contributed by atoms with Crippen LogP contribution in [0.4, 0.5) is 60.7 Å². The molecule has 6 fully saturated rings. The number of aryl methyl sites for hydroxylation is 3. The number of methoxy groups -OCH3 is 3. The van der Waals surface area contributed by atoms with Crippen LogP contribution in [0.2, 0.25) is 0 Å². The lowest BCUT2D eigenvalue weighted by atomic mass is 9.77. The quantitative estimate of drug-likeness (QED) is 0.0538. The van der Waals surface area contributed by atoms with Gasteiger partial charge in [-0.05, 0) is 162 Å². The highest BCUT2D eigenvalue weighted by atomic mass is 16.5. The minimum atomic E-state index is -0.447. The number of ether oxygens (including phenoxy) is 6. The van der Waals surface area contributed by atoms with Crippen LogP contribution in [0.15, 0.2) is 55.0 Å². The summed E-state index contributed by atoms with van der Waals surface area (Å²) in [6.45, 7) is 6.45. The van der Waals surface area contributed by atoms with Crippen molar-refractivity contribution in [3.05, 3.63) is 128 Å². The van der Waals surface area contributed by atoms with E-state index in [0.29, 0.717) is 215 Å². The Morgan fingerprint density at radius 1 is 0.458 bits per heavy atom. The Balaban J connectivity index is 0.000000156. The molecule has 35 nitrogen and oxygen atoms in total. The summed E-state index contributed by atoms with van der Waals surface area (Å²) in [6.07, 6.45) is 18.7. The lowest BCUT2D eigenvalue weighted by Gasteiger charge is -2.35. The van der Waals surface area contributed by atoms with Gasteiger partial charge in [0.15, 0.2) is 18.9 Å². The molecule has 35 heteroatoms. The van der Waals surface area contributed by atoms with Gasteiger partial charge in [0.25, 0.3) is 17.7 Å². The van der Waals surface area contributed by atoms with Crippen LogP contribution in [0, 0.1) is 39.9 Å². The van der Waals surface area contributed by atoms with Crippen molar-refractivity contribution in [3.8, 4) is 18.2 Å². The van der Waals surface area contributed by atoms with Crippen LogP contribution < -0.4 is 40.4 Å². The van der Waals surface area contributed by atoms with Gasteiger partial charge in [0.05, 0.1) is 46.4 Å². The number of carbonyl (C=O) groups is 9. The second kappa shape index (κ2) is 39.7. The summed E-state index contributed by atoms with van der Waals surface area (Å²) in [6, 6.07) is 16.0. The number of aromatic nitrogens is 6. The first-order valence-corrected chi connectivity index (χ1v) is 40.8. The average Bonchev–Trinajstić information content (AvgIpc) is 1.48. The minimum Gasteiger partial charge on any atom is -0.381 e. The number of pyridine rings is 6. The zero-order chi connectivity index (χ0) is 84.7. The second-order valence-electron chi connectivity index (χ2n) is 31.3. The molecule has 3 N–H and O–H groups in total. The fourth-order valence-electron chi connectivity index (χ4n) is 16.7. The molecule has 0 aromatic carbocycles. The van der Waals surface area contributed by atoms with E-state index >= 15 is 0 Å². The number of urea groups is 3. The molecule has 6 aromatic rings. The molecule has 15 rings (SSSR count). The molecule has 6 aromatic heterocycles. The van der Waals surface area contributed by atoms with Crippen molar-refractivity contribution >= 4 is 101 Å². The highest BCUT2D eigenvalue weighted by Gasteiger charge is 2.37. The Bertz CT molecular complexity index is 4770. The minimum absolute atomic E-state index is 0.0829. The Hall–Kier alpha value is -12.0. The molecule has 2 unspecified atom stereocenters. The molecule has 7 atom stereocenters. The third-order valence-corrected chi connectivity index (χ3v) is 23.5. The molecule has 1 saturated carbocycles. The van der Waals surface area contributed by atoms with Crippen molar-refractivity contribution in [2.75, 3.05) is 149 Å². The Morgan fingerprint density at radius 3 is 1.12 bits per heavy atom. The number of aldehydes is 3. The fraction of sp³-hybridized carbons (Fsp3) is 0.506. The van der Waals surface area contributed by atoms with Gasteiger partial charge in [0, 0.05) is 175 Å². The largest absolute Gasteiger partial charge is 0.381 e. The van der Waals surface area contributed by atoms with Crippen LogP contribution in [0.3, 0.4) is 0 Å². The molecule has 120 heavy (non-hydrogen) atoms. The van der Waals surface area contributed by atoms with Crippen LogP contribution in [-0.2, 0) is 88.1 Å². The number of nitriles is 3. The summed E-state index contributed by atoms with van der Waals surface area (Å²) in [4.78, 5) is 154. The molecule has 9 aliphatic rings. The second-order valence-corrected chi connectivity index (χ2v) is 31.3. The van der Waals surface area contributed by atoms with Gasteiger partial charge in [-0.25, -0.2) is 44.3 Å². The topological polar surface area (TPSA) is 420 Å². The maximum Gasteiger partial charge on any atom is 0.328 e. The number of rotatable bonds is 22. The highest BCUT2D eigenvalue weighted by Crippen LogP contribution is 2.38. The van der Waals surface area contributed by atoms with Crippen molar-refractivity contribution in [1.82, 2.24) is 44.6 Å². The van der Waals surface area contributed by atoms with Gasteiger partial charge < -0.3 is 52.9 Å². The predicted molar refractivity (Wildman–Crippen MR) is 439 cm³/mol. The molecular weight excluding hydrogens is 1540 g/mol. The number of hydrogen-bond donors (Lipinski definition) is 3. The van der Waals surface area contributed by atoms with Crippen LogP contribution in [-0.4, -0.2) is 244 Å². The first-order chi connectivity index (χ1) is 58.2. The zero-order valence-electron chi connectivity index (χ0n) is 68.4. The number of fused-ring (bicyclic) bond motifs is 3. The summed E-state index contributed by atoms with van der Waals surface area (Å²) in [5.74, 6) is 2.22. The summed E-state index contributed by atoms with van der Waals surface area (Å²) < 4.78 is 32.9. The predicted octanol–water partition coefficient (Wildman–Crippen LogP) is 8.27. The van der Waals surface area contributed by atoms with Crippen molar-refractivity contribution < 1.29 is 71.6 Å². The number of nitrogens with one attached hydrogen (secondary N) is 3. The first-order valence-electron chi connectivity index (χ1n) is 40.8. The molecule has 0 spiro atoms. The number of anilines is 8. The van der Waals surface area contributed by atoms with Crippen molar-refractivity contribution in [2.24, 2.45) is 5.92 Å². The van der Waals surface area contributed by atoms with Crippen LogP contribution in [0.25, 0.3) is 0 Å². The third-order valence-electron chi connectivity index (χ3n) is 23.5. The third kappa shape index (κ3) is 19.8. The molecule has 0 bridgehead atoms. The normalized spacial score (nSPS) is 20.6. The molecule has 14 heterocycles. The van der Waals surface area contributed by atoms with Gasteiger partial charge in [-0.1, -0.05) is 0 Å². The van der Waals surface area contributed by atoms with Gasteiger partial charge in [-0.3, -0.25) is 59.4 Å². The number of carbonyl (C=O) groups excluding carboxylic acids is 9. The average molecular weight is 1640 g/mol. The Kier molecular flexibility index (Phi) is 28.4.